The van der Waals surface area contributed by atoms with E-state index in [9.17, 15) is 0 Å². The van der Waals surface area contributed by atoms with Crippen molar-refractivity contribution in [3.05, 3.63) is 12.7 Å². The van der Waals surface area contributed by atoms with Crippen LogP contribution in [0.4, 0.5) is 0 Å². The van der Waals surface area contributed by atoms with Crippen LogP contribution in [0, 0.1) is 0 Å². The predicted molar refractivity (Wildman–Crippen MR) is 31.9 cm³/mol. The number of hydrogen-bond acceptors (Lipinski definition) is 3. The fourth-order valence-electron chi connectivity index (χ4n) is 0.866. The van der Waals surface area contributed by atoms with Crippen LogP contribution in [0.2, 0.25) is 0 Å². The highest BCUT2D eigenvalue weighted by atomic mass is 15.4. The third-order valence-electron chi connectivity index (χ3n) is 1.57. The van der Waals surface area contributed by atoms with E-state index in [1.165, 1.54) is 0 Å². The first-order valence-electron chi connectivity index (χ1n) is 3.01. The number of rotatable bonds is 1. The van der Waals surface area contributed by atoms with Gasteiger partial charge in [-0.2, -0.15) is 5.10 Å². The topological polar surface area (TPSA) is 42.7 Å². The number of nitrogens with zero attached hydrogens (tertiary/aromatic N) is 3. The van der Waals surface area contributed by atoms with Crippen molar-refractivity contribution >= 4 is 0 Å². The van der Waals surface area contributed by atoms with Crippen molar-refractivity contribution in [3.63, 3.8) is 0 Å². The van der Waals surface area contributed by atoms with Crippen molar-refractivity contribution in [3.8, 4) is 0 Å². The summed E-state index contributed by atoms with van der Waals surface area (Å²) in [6.45, 7) is 2.06. The zero-order valence-corrected chi connectivity index (χ0v) is 4.99. The highest BCUT2D eigenvalue weighted by Gasteiger charge is 2.18. The van der Waals surface area contributed by atoms with E-state index in [0.29, 0.717) is 6.04 Å². The van der Waals surface area contributed by atoms with Crippen molar-refractivity contribution in [1.82, 2.24) is 20.1 Å². The Labute approximate surface area is 52.9 Å². The lowest BCUT2D eigenvalue weighted by atomic mass is 10.2. The zero-order valence-electron chi connectivity index (χ0n) is 4.99. The van der Waals surface area contributed by atoms with Crippen LogP contribution in [-0.4, -0.2) is 27.9 Å². The molecule has 1 aliphatic rings. The fraction of sp³-hybridized carbons (Fsp3) is 0.600. The third-order valence-corrected chi connectivity index (χ3v) is 1.57. The first-order chi connectivity index (χ1) is 4.47. The molecule has 2 heterocycles. The molecule has 0 saturated carbocycles. The van der Waals surface area contributed by atoms with Gasteiger partial charge in [0.2, 0.25) is 0 Å². The Morgan fingerprint density at radius 3 is 2.89 bits per heavy atom. The molecule has 2 rings (SSSR count). The number of hydrogen-bond donors (Lipinski definition) is 1. The van der Waals surface area contributed by atoms with E-state index in [0.717, 1.165) is 13.1 Å². The number of nitrogens with one attached hydrogen (secondary N) is 1. The van der Waals surface area contributed by atoms with Crippen LogP contribution >= 0.6 is 0 Å². The molecule has 0 atom stereocenters. The van der Waals surface area contributed by atoms with Crippen LogP contribution < -0.4 is 5.32 Å². The molecule has 4 heteroatoms. The smallest absolute Gasteiger partial charge is 0.137 e. The van der Waals surface area contributed by atoms with Gasteiger partial charge in [-0.1, -0.05) is 0 Å². The quantitative estimate of drug-likeness (QED) is 0.544. The molecule has 0 aromatic carbocycles. The second-order valence-corrected chi connectivity index (χ2v) is 2.19. The molecular formula is C5H8N4. The highest BCUT2D eigenvalue weighted by molar-refractivity contribution is 4.80. The minimum Gasteiger partial charge on any atom is -0.312 e. The van der Waals surface area contributed by atoms with Gasteiger partial charge in [-0.3, -0.25) is 0 Å². The van der Waals surface area contributed by atoms with E-state index in [2.05, 4.69) is 15.4 Å². The first kappa shape index (κ1) is 4.93. The van der Waals surface area contributed by atoms with Crippen LogP contribution in [0.1, 0.15) is 6.04 Å². The molecule has 0 radical (unpaired) electrons. The van der Waals surface area contributed by atoms with Gasteiger partial charge in [0.1, 0.15) is 12.7 Å². The van der Waals surface area contributed by atoms with Gasteiger partial charge < -0.3 is 5.32 Å². The van der Waals surface area contributed by atoms with Crippen molar-refractivity contribution in [2.24, 2.45) is 0 Å². The summed E-state index contributed by atoms with van der Waals surface area (Å²) in [7, 11) is 0. The molecule has 1 aromatic heterocycles. The average Bonchev–Trinajstić information content (AvgIpc) is 2.11. The summed E-state index contributed by atoms with van der Waals surface area (Å²) >= 11 is 0. The van der Waals surface area contributed by atoms with Crippen LogP contribution in [0.3, 0.4) is 0 Å². The summed E-state index contributed by atoms with van der Waals surface area (Å²) in [5.41, 5.74) is 0. The van der Waals surface area contributed by atoms with Crippen molar-refractivity contribution in [1.29, 1.82) is 0 Å². The molecule has 0 aliphatic carbocycles. The molecule has 48 valence electrons. The first-order valence-corrected chi connectivity index (χ1v) is 3.01. The Balaban J connectivity index is 2.14. The summed E-state index contributed by atoms with van der Waals surface area (Å²) in [5, 5.41) is 7.16. The summed E-state index contributed by atoms with van der Waals surface area (Å²) in [6, 6.07) is 0.549. The molecule has 0 spiro atoms. The van der Waals surface area contributed by atoms with E-state index in [1.54, 1.807) is 12.7 Å². The van der Waals surface area contributed by atoms with Crippen LogP contribution in [0.25, 0.3) is 0 Å². The van der Waals surface area contributed by atoms with E-state index in [4.69, 9.17) is 0 Å². The third kappa shape index (κ3) is 0.712. The molecular weight excluding hydrogens is 116 g/mol. The largest absolute Gasteiger partial charge is 0.312 e. The lowest BCUT2D eigenvalue weighted by Crippen LogP contribution is -2.43. The maximum atomic E-state index is 4.00. The van der Waals surface area contributed by atoms with Crippen molar-refractivity contribution in [2.75, 3.05) is 13.1 Å². The molecule has 0 bridgehead atoms. The summed E-state index contributed by atoms with van der Waals surface area (Å²) in [4.78, 5) is 3.85. The van der Waals surface area contributed by atoms with Gasteiger partial charge >= 0.3 is 0 Å². The van der Waals surface area contributed by atoms with E-state index in [1.807, 2.05) is 4.68 Å². The standard InChI is InChI=1S/C5H8N4/c1-5(2-6-1)9-4-7-3-8-9/h3-6H,1-2H2. The minimum atomic E-state index is 0.549. The number of aromatic nitrogens is 3. The van der Waals surface area contributed by atoms with Gasteiger partial charge in [0.25, 0.3) is 0 Å². The normalized spacial score (nSPS) is 19.6. The Kier molecular flexibility index (Phi) is 0.989. The predicted octanol–water partition coefficient (Wildman–Crippen LogP) is -0.578. The second-order valence-electron chi connectivity index (χ2n) is 2.19. The summed E-state index contributed by atoms with van der Waals surface area (Å²) in [5.74, 6) is 0. The summed E-state index contributed by atoms with van der Waals surface area (Å²) < 4.78 is 1.89. The van der Waals surface area contributed by atoms with Gasteiger partial charge in [-0.05, 0) is 0 Å². The van der Waals surface area contributed by atoms with E-state index < -0.39 is 0 Å². The SMILES string of the molecule is c1ncn(C2CNC2)n1. The van der Waals surface area contributed by atoms with Gasteiger partial charge in [0.15, 0.2) is 0 Å². The van der Waals surface area contributed by atoms with Crippen molar-refractivity contribution in [2.45, 2.75) is 6.04 Å². The van der Waals surface area contributed by atoms with Gasteiger partial charge in [-0.15, -0.1) is 0 Å². The average molecular weight is 124 g/mol. The molecule has 1 saturated heterocycles. The molecule has 1 aromatic rings. The second kappa shape index (κ2) is 1.80. The summed E-state index contributed by atoms with van der Waals surface area (Å²) in [6.07, 6.45) is 3.32. The molecule has 1 N–H and O–H groups in total. The molecule has 0 unspecified atom stereocenters. The Morgan fingerprint density at radius 2 is 2.44 bits per heavy atom. The lowest BCUT2D eigenvalue weighted by Gasteiger charge is -2.26. The van der Waals surface area contributed by atoms with Crippen LogP contribution in [0.15, 0.2) is 12.7 Å². The van der Waals surface area contributed by atoms with Crippen LogP contribution in [-0.2, 0) is 0 Å². The minimum absolute atomic E-state index is 0.549. The van der Waals surface area contributed by atoms with Gasteiger partial charge in [0, 0.05) is 13.1 Å². The molecule has 0 amide bonds. The van der Waals surface area contributed by atoms with Gasteiger partial charge in [-0.25, -0.2) is 9.67 Å². The Hall–Kier alpha value is -0.900. The van der Waals surface area contributed by atoms with Crippen molar-refractivity contribution < 1.29 is 0 Å². The molecule has 1 aliphatic heterocycles. The maximum absolute atomic E-state index is 4.00. The van der Waals surface area contributed by atoms with Crippen LogP contribution in [0.5, 0.6) is 0 Å². The fourth-order valence-corrected chi connectivity index (χ4v) is 0.866. The Morgan fingerprint density at radius 1 is 1.56 bits per heavy atom. The monoisotopic (exact) mass is 124 g/mol. The Bertz CT molecular complexity index is 177. The highest BCUT2D eigenvalue weighted by Crippen LogP contribution is 2.06. The van der Waals surface area contributed by atoms with E-state index >= 15 is 0 Å². The van der Waals surface area contributed by atoms with E-state index in [-0.39, 0.29) is 0 Å². The zero-order chi connectivity index (χ0) is 6.10. The molecule has 1 fully saturated rings. The van der Waals surface area contributed by atoms with Gasteiger partial charge in [0.05, 0.1) is 6.04 Å². The lowest BCUT2D eigenvalue weighted by molar-refractivity contribution is 0.317. The maximum Gasteiger partial charge on any atom is 0.137 e. The molecule has 4 nitrogen and oxygen atoms in total. The molecule has 9 heavy (non-hydrogen) atoms.